The predicted octanol–water partition coefficient (Wildman–Crippen LogP) is 4.77. The second-order valence-electron chi connectivity index (χ2n) is 6.07. The Hall–Kier alpha value is -3.14. The summed E-state index contributed by atoms with van der Waals surface area (Å²) in [5, 5.41) is 0. The van der Waals surface area contributed by atoms with E-state index in [9.17, 15) is 9.18 Å². The zero-order valence-corrected chi connectivity index (χ0v) is 14.8. The lowest BCUT2D eigenvalue weighted by Gasteiger charge is -2.18. The molecule has 1 amide bonds. The van der Waals surface area contributed by atoms with Gasteiger partial charge in [0.1, 0.15) is 0 Å². The summed E-state index contributed by atoms with van der Waals surface area (Å²) in [5.41, 5.74) is 3.47. The first-order valence-corrected chi connectivity index (χ1v) is 8.32. The third-order valence-electron chi connectivity index (χ3n) is 4.22. The molecular weight excluding hydrogens is 329 g/mol. The van der Waals surface area contributed by atoms with Crippen molar-refractivity contribution < 1.29 is 13.9 Å². The first-order valence-electron chi connectivity index (χ1n) is 8.32. The second kappa shape index (κ2) is 7.83. The number of benzene rings is 3. The third-order valence-corrected chi connectivity index (χ3v) is 4.22. The average molecular weight is 349 g/mol. The van der Waals surface area contributed by atoms with E-state index in [0.717, 1.165) is 11.1 Å². The Morgan fingerprint density at radius 3 is 2.23 bits per heavy atom. The van der Waals surface area contributed by atoms with Crippen molar-refractivity contribution >= 4 is 5.91 Å². The fraction of sp³-hybridized carbons (Fsp3) is 0.136. The summed E-state index contributed by atoms with van der Waals surface area (Å²) in [5.74, 6) is -0.349. The number of ether oxygens (including phenoxy) is 1. The van der Waals surface area contributed by atoms with E-state index in [2.05, 4.69) is 0 Å². The van der Waals surface area contributed by atoms with Gasteiger partial charge in [0.25, 0.3) is 5.91 Å². The highest BCUT2D eigenvalue weighted by molar-refractivity contribution is 5.94. The number of methoxy groups -OCH3 is 1. The zero-order valence-electron chi connectivity index (χ0n) is 14.8. The van der Waals surface area contributed by atoms with E-state index in [1.54, 1.807) is 24.1 Å². The molecule has 3 aromatic rings. The van der Waals surface area contributed by atoms with Crippen LogP contribution < -0.4 is 4.74 Å². The number of carbonyl (C=O) groups is 1. The summed E-state index contributed by atoms with van der Waals surface area (Å²) in [7, 11) is 3.13. The quantitative estimate of drug-likeness (QED) is 0.664. The molecule has 0 saturated heterocycles. The summed E-state index contributed by atoms with van der Waals surface area (Å²) in [6.45, 7) is 0.320. The molecule has 0 radical (unpaired) electrons. The molecule has 132 valence electrons. The number of nitrogens with zero attached hydrogens (tertiary/aromatic N) is 1. The first-order chi connectivity index (χ1) is 12.6. The van der Waals surface area contributed by atoms with E-state index in [4.69, 9.17) is 4.74 Å². The first kappa shape index (κ1) is 17.7. The van der Waals surface area contributed by atoms with E-state index in [1.807, 2.05) is 54.6 Å². The van der Waals surface area contributed by atoms with Crippen LogP contribution in [0.1, 0.15) is 15.9 Å². The molecule has 0 fully saturated rings. The zero-order chi connectivity index (χ0) is 18.5. The van der Waals surface area contributed by atoms with Gasteiger partial charge in [-0.1, -0.05) is 48.5 Å². The Bertz CT molecular complexity index is 892. The molecule has 0 aliphatic carbocycles. The molecule has 4 heteroatoms. The molecule has 0 unspecified atom stereocenters. The largest absolute Gasteiger partial charge is 0.494 e. The fourth-order valence-corrected chi connectivity index (χ4v) is 2.81. The molecule has 26 heavy (non-hydrogen) atoms. The monoisotopic (exact) mass is 349 g/mol. The molecular formula is C22H20FNO2. The summed E-state index contributed by atoms with van der Waals surface area (Å²) in [4.78, 5) is 14.2. The Balaban J connectivity index is 1.71. The lowest BCUT2D eigenvalue weighted by Crippen LogP contribution is -2.26. The molecule has 0 aliphatic heterocycles. The van der Waals surface area contributed by atoms with Gasteiger partial charge in [0.2, 0.25) is 0 Å². The van der Waals surface area contributed by atoms with Crippen molar-refractivity contribution in [1.29, 1.82) is 0 Å². The molecule has 3 rings (SSSR count). The van der Waals surface area contributed by atoms with E-state index in [0.29, 0.717) is 17.7 Å². The minimum atomic E-state index is -0.432. The van der Waals surface area contributed by atoms with Gasteiger partial charge in [-0.3, -0.25) is 4.79 Å². The summed E-state index contributed by atoms with van der Waals surface area (Å²) in [6, 6.07) is 22.2. The Morgan fingerprint density at radius 1 is 0.962 bits per heavy atom. The SMILES string of the molecule is COc1ccc(CN(C)C(=O)c2ccc(-c3ccccc3)cc2)cc1F. The summed E-state index contributed by atoms with van der Waals surface area (Å²) < 4.78 is 18.7. The van der Waals surface area contributed by atoms with E-state index in [1.165, 1.54) is 13.2 Å². The van der Waals surface area contributed by atoms with E-state index >= 15 is 0 Å². The van der Waals surface area contributed by atoms with Crippen LogP contribution >= 0.6 is 0 Å². The second-order valence-corrected chi connectivity index (χ2v) is 6.07. The standard InChI is InChI=1S/C22H20FNO2/c1-24(15-16-8-13-21(26-2)20(23)14-16)22(25)19-11-9-18(10-12-19)17-6-4-3-5-7-17/h3-14H,15H2,1-2H3. The molecule has 0 N–H and O–H groups in total. The van der Waals surface area contributed by atoms with Crippen LogP contribution in [-0.4, -0.2) is 25.0 Å². The van der Waals surface area contributed by atoms with Crippen LogP contribution in [0.4, 0.5) is 4.39 Å². The van der Waals surface area contributed by atoms with Crippen LogP contribution in [0.5, 0.6) is 5.75 Å². The van der Waals surface area contributed by atoms with Crippen molar-refractivity contribution in [3.8, 4) is 16.9 Å². The van der Waals surface area contributed by atoms with Crippen LogP contribution in [-0.2, 0) is 6.54 Å². The van der Waals surface area contributed by atoms with Crippen molar-refractivity contribution in [2.45, 2.75) is 6.54 Å². The highest BCUT2D eigenvalue weighted by atomic mass is 19.1. The van der Waals surface area contributed by atoms with Gasteiger partial charge in [0, 0.05) is 19.2 Å². The van der Waals surface area contributed by atoms with Crippen molar-refractivity contribution in [3.63, 3.8) is 0 Å². The number of carbonyl (C=O) groups excluding carboxylic acids is 1. The normalized spacial score (nSPS) is 10.4. The topological polar surface area (TPSA) is 29.5 Å². The highest BCUT2D eigenvalue weighted by Gasteiger charge is 2.13. The molecule has 0 saturated carbocycles. The maximum absolute atomic E-state index is 13.8. The molecule has 0 heterocycles. The van der Waals surface area contributed by atoms with Crippen LogP contribution in [0.3, 0.4) is 0 Å². The van der Waals surface area contributed by atoms with E-state index in [-0.39, 0.29) is 11.7 Å². The van der Waals surface area contributed by atoms with Gasteiger partial charge in [0.05, 0.1) is 7.11 Å². The Morgan fingerprint density at radius 2 is 1.62 bits per heavy atom. The molecule has 0 bridgehead atoms. The van der Waals surface area contributed by atoms with Gasteiger partial charge >= 0.3 is 0 Å². The van der Waals surface area contributed by atoms with Crippen LogP contribution in [0.25, 0.3) is 11.1 Å². The van der Waals surface area contributed by atoms with Gasteiger partial charge in [-0.05, 0) is 41.0 Å². The van der Waals surface area contributed by atoms with Gasteiger partial charge < -0.3 is 9.64 Å². The fourth-order valence-electron chi connectivity index (χ4n) is 2.81. The average Bonchev–Trinajstić information content (AvgIpc) is 2.68. The lowest BCUT2D eigenvalue weighted by molar-refractivity contribution is 0.0785. The third kappa shape index (κ3) is 3.91. The van der Waals surface area contributed by atoms with Crippen LogP contribution in [0.15, 0.2) is 72.8 Å². The van der Waals surface area contributed by atoms with Crippen molar-refractivity contribution in [1.82, 2.24) is 4.90 Å². The smallest absolute Gasteiger partial charge is 0.253 e. The number of rotatable bonds is 5. The predicted molar refractivity (Wildman–Crippen MR) is 101 cm³/mol. The molecule has 0 aliphatic rings. The maximum atomic E-state index is 13.8. The molecule has 3 nitrogen and oxygen atoms in total. The van der Waals surface area contributed by atoms with Gasteiger partial charge in [-0.15, -0.1) is 0 Å². The Labute approximate surface area is 152 Å². The highest BCUT2D eigenvalue weighted by Crippen LogP contribution is 2.21. The lowest BCUT2D eigenvalue weighted by atomic mass is 10.0. The van der Waals surface area contributed by atoms with Crippen LogP contribution in [0.2, 0.25) is 0 Å². The minimum absolute atomic E-state index is 0.110. The van der Waals surface area contributed by atoms with Crippen molar-refractivity contribution in [2.24, 2.45) is 0 Å². The number of halogens is 1. The molecule has 0 aromatic heterocycles. The van der Waals surface area contributed by atoms with Crippen LogP contribution in [0, 0.1) is 5.82 Å². The van der Waals surface area contributed by atoms with Gasteiger partial charge in [-0.2, -0.15) is 0 Å². The summed E-state index contributed by atoms with van der Waals surface area (Å²) in [6.07, 6.45) is 0. The molecule has 3 aromatic carbocycles. The number of amides is 1. The van der Waals surface area contributed by atoms with Crippen molar-refractivity contribution in [2.75, 3.05) is 14.2 Å². The van der Waals surface area contributed by atoms with Gasteiger partial charge in [0.15, 0.2) is 11.6 Å². The van der Waals surface area contributed by atoms with E-state index < -0.39 is 5.82 Å². The number of hydrogen-bond acceptors (Lipinski definition) is 2. The summed E-state index contributed by atoms with van der Waals surface area (Å²) >= 11 is 0. The Kier molecular flexibility index (Phi) is 5.32. The van der Waals surface area contributed by atoms with Crippen molar-refractivity contribution in [3.05, 3.63) is 89.7 Å². The molecule has 0 atom stereocenters. The van der Waals surface area contributed by atoms with Gasteiger partial charge in [-0.25, -0.2) is 4.39 Å². The molecule has 0 spiro atoms. The number of hydrogen-bond donors (Lipinski definition) is 0. The minimum Gasteiger partial charge on any atom is -0.494 e. The maximum Gasteiger partial charge on any atom is 0.253 e.